The number of aryl methyl sites for hydroxylation is 2. The molecule has 0 saturated carbocycles. The summed E-state index contributed by atoms with van der Waals surface area (Å²) in [5, 5.41) is 0. The molecule has 0 spiro atoms. The lowest BCUT2D eigenvalue weighted by atomic mass is 9.80. The zero-order valence-electron chi connectivity index (χ0n) is 15.4. The zero-order valence-corrected chi connectivity index (χ0v) is 15.4. The Labute approximate surface area is 146 Å². The highest BCUT2D eigenvalue weighted by molar-refractivity contribution is 5.89. The van der Waals surface area contributed by atoms with Crippen LogP contribution in [0.2, 0.25) is 0 Å². The first-order valence-corrected chi connectivity index (χ1v) is 8.62. The van der Waals surface area contributed by atoms with E-state index >= 15 is 0 Å². The Kier molecular flexibility index (Phi) is 4.09. The van der Waals surface area contributed by atoms with Gasteiger partial charge in [0.25, 0.3) is 0 Å². The minimum atomic E-state index is -0.0122. The first-order valence-electron chi connectivity index (χ1n) is 8.62. The van der Waals surface area contributed by atoms with Crippen LogP contribution in [0.3, 0.4) is 0 Å². The molecule has 0 saturated heterocycles. The molecule has 0 nitrogen and oxygen atoms in total. The first-order chi connectivity index (χ1) is 11.4. The van der Waals surface area contributed by atoms with Crippen molar-refractivity contribution in [3.8, 4) is 11.1 Å². The Morgan fingerprint density at radius 2 is 1.58 bits per heavy atom. The lowest BCUT2D eigenvalue weighted by Gasteiger charge is -2.23. The van der Waals surface area contributed by atoms with E-state index in [1.165, 1.54) is 44.5 Å². The van der Waals surface area contributed by atoms with Crippen LogP contribution >= 0.6 is 0 Å². The Bertz CT molecular complexity index is 873. The van der Waals surface area contributed by atoms with Crippen LogP contribution in [-0.2, 0) is 5.41 Å². The van der Waals surface area contributed by atoms with Gasteiger partial charge in [-0.15, -0.1) is 0 Å². The smallest absolute Gasteiger partial charge is 0.0158 e. The van der Waals surface area contributed by atoms with Gasteiger partial charge in [0.15, 0.2) is 0 Å². The fourth-order valence-corrected chi connectivity index (χ4v) is 3.73. The molecule has 0 amide bonds. The Morgan fingerprint density at radius 3 is 2.21 bits per heavy atom. The highest BCUT2D eigenvalue weighted by atomic mass is 14.4. The van der Waals surface area contributed by atoms with E-state index in [0.29, 0.717) is 0 Å². The van der Waals surface area contributed by atoms with E-state index in [4.69, 9.17) is 0 Å². The molecule has 0 fully saturated rings. The van der Waals surface area contributed by atoms with Crippen LogP contribution < -0.4 is 0 Å². The molecule has 2 aromatic carbocycles. The fourth-order valence-electron chi connectivity index (χ4n) is 3.73. The average molecular weight is 314 g/mol. The minimum absolute atomic E-state index is 0.0122. The quantitative estimate of drug-likeness (QED) is 0.586. The normalized spacial score (nSPS) is 15.9. The molecule has 3 rings (SSSR count). The second-order valence-corrected chi connectivity index (χ2v) is 7.22. The molecule has 0 heterocycles. The van der Waals surface area contributed by atoms with Gasteiger partial charge >= 0.3 is 0 Å². The SMILES string of the molecule is C=CC1=C(/C=C\C)c2ccc(-c3ccc(C)c(C)c3)cc2C1(C)C. The van der Waals surface area contributed by atoms with Crippen molar-refractivity contribution in [1.82, 2.24) is 0 Å². The summed E-state index contributed by atoms with van der Waals surface area (Å²) in [4.78, 5) is 0. The topological polar surface area (TPSA) is 0 Å². The van der Waals surface area contributed by atoms with Crippen LogP contribution in [0.1, 0.15) is 43.0 Å². The Morgan fingerprint density at radius 1 is 0.917 bits per heavy atom. The van der Waals surface area contributed by atoms with Gasteiger partial charge in [0.2, 0.25) is 0 Å². The first kappa shape index (κ1) is 16.5. The molecule has 0 unspecified atom stereocenters. The van der Waals surface area contributed by atoms with Gasteiger partial charge in [-0.1, -0.05) is 69.0 Å². The average Bonchev–Trinajstić information content (AvgIpc) is 2.77. The van der Waals surface area contributed by atoms with Gasteiger partial charge in [-0.25, -0.2) is 0 Å². The molecule has 24 heavy (non-hydrogen) atoms. The van der Waals surface area contributed by atoms with Gasteiger partial charge in [-0.2, -0.15) is 0 Å². The fraction of sp³-hybridized carbons (Fsp3) is 0.250. The summed E-state index contributed by atoms with van der Waals surface area (Å²) in [6, 6.07) is 13.6. The maximum atomic E-state index is 4.06. The Balaban J connectivity index is 2.18. The van der Waals surface area contributed by atoms with Crippen molar-refractivity contribution in [2.24, 2.45) is 0 Å². The number of hydrogen-bond acceptors (Lipinski definition) is 0. The number of rotatable bonds is 3. The predicted molar refractivity (Wildman–Crippen MR) is 106 cm³/mol. The molecular formula is C24H26. The maximum Gasteiger partial charge on any atom is 0.0158 e. The van der Waals surface area contributed by atoms with Gasteiger partial charge in [0.05, 0.1) is 0 Å². The molecule has 0 N–H and O–H groups in total. The molecule has 0 bridgehead atoms. The van der Waals surface area contributed by atoms with Crippen LogP contribution in [-0.4, -0.2) is 0 Å². The predicted octanol–water partition coefficient (Wildman–Crippen LogP) is 6.78. The third-order valence-corrected chi connectivity index (χ3v) is 5.32. The minimum Gasteiger partial charge on any atom is -0.0987 e. The van der Waals surface area contributed by atoms with E-state index in [0.717, 1.165) is 0 Å². The highest BCUT2D eigenvalue weighted by Crippen LogP contribution is 2.48. The van der Waals surface area contributed by atoms with E-state index in [1.807, 2.05) is 6.08 Å². The molecule has 0 radical (unpaired) electrons. The van der Waals surface area contributed by atoms with E-state index in [2.05, 4.69) is 89.7 Å². The Hall–Kier alpha value is -2.34. The van der Waals surface area contributed by atoms with Crippen molar-refractivity contribution in [3.63, 3.8) is 0 Å². The number of allylic oxidation sites excluding steroid dienone is 5. The summed E-state index contributed by atoms with van der Waals surface area (Å²) in [5.41, 5.74) is 10.6. The van der Waals surface area contributed by atoms with Crippen molar-refractivity contribution in [1.29, 1.82) is 0 Å². The molecule has 122 valence electrons. The van der Waals surface area contributed by atoms with E-state index in [-0.39, 0.29) is 5.41 Å². The third kappa shape index (κ3) is 2.47. The lowest BCUT2D eigenvalue weighted by Crippen LogP contribution is -2.16. The van der Waals surface area contributed by atoms with E-state index in [1.54, 1.807) is 0 Å². The highest BCUT2D eigenvalue weighted by Gasteiger charge is 2.35. The summed E-state index contributed by atoms with van der Waals surface area (Å²) >= 11 is 0. The summed E-state index contributed by atoms with van der Waals surface area (Å²) in [7, 11) is 0. The van der Waals surface area contributed by atoms with Gasteiger partial charge < -0.3 is 0 Å². The largest absolute Gasteiger partial charge is 0.0987 e. The molecule has 1 aliphatic carbocycles. The van der Waals surface area contributed by atoms with Gasteiger partial charge in [0.1, 0.15) is 0 Å². The molecule has 0 atom stereocenters. The van der Waals surface area contributed by atoms with Crippen LogP contribution in [0.5, 0.6) is 0 Å². The monoisotopic (exact) mass is 314 g/mol. The number of benzene rings is 2. The van der Waals surface area contributed by atoms with Gasteiger partial charge in [-0.05, 0) is 71.4 Å². The van der Waals surface area contributed by atoms with Gasteiger partial charge in [-0.3, -0.25) is 0 Å². The molecule has 0 heteroatoms. The van der Waals surface area contributed by atoms with Crippen LogP contribution in [0.25, 0.3) is 16.7 Å². The van der Waals surface area contributed by atoms with Crippen molar-refractivity contribution < 1.29 is 0 Å². The van der Waals surface area contributed by atoms with E-state index in [9.17, 15) is 0 Å². The third-order valence-electron chi connectivity index (χ3n) is 5.32. The molecular weight excluding hydrogens is 288 g/mol. The molecule has 0 aliphatic heterocycles. The van der Waals surface area contributed by atoms with Crippen molar-refractivity contribution in [3.05, 3.63) is 89.0 Å². The van der Waals surface area contributed by atoms with E-state index < -0.39 is 0 Å². The summed E-state index contributed by atoms with van der Waals surface area (Å²) in [5.74, 6) is 0. The molecule has 0 aromatic heterocycles. The second-order valence-electron chi connectivity index (χ2n) is 7.22. The summed E-state index contributed by atoms with van der Waals surface area (Å²) in [6.45, 7) is 15.1. The van der Waals surface area contributed by atoms with Crippen molar-refractivity contribution in [2.75, 3.05) is 0 Å². The van der Waals surface area contributed by atoms with Crippen LogP contribution in [0.15, 0.2) is 66.8 Å². The van der Waals surface area contributed by atoms with Crippen molar-refractivity contribution in [2.45, 2.75) is 40.0 Å². The summed E-state index contributed by atoms with van der Waals surface area (Å²) in [6.07, 6.45) is 6.34. The summed E-state index contributed by atoms with van der Waals surface area (Å²) < 4.78 is 0. The van der Waals surface area contributed by atoms with Gasteiger partial charge in [0, 0.05) is 5.41 Å². The maximum absolute atomic E-state index is 4.06. The molecule has 1 aliphatic rings. The number of hydrogen-bond donors (Lipinski definition) is 0. The zero-order chi connectivity index (χ0) is 17.5. The molecule has 2 aromatic rings. The number of fused-ring (bicyclic) bond motifs is 1. The second kappa shape index (κ2) is 5.94. The lowest BCUT2D eigenvalue weighted by molar-refractivity contribution is 0.655. The van der Waals surface area contributed by atoms with Crippen molar-refractivity contribution >= 4 is 5.57 Å². The van der Waals surface area contributed by atoms with Crippen LogP contribution in [0.4, 0.5) is 0 Å². The van der Waals surface area contributed by atoms with Crippen LogP contribution in [0, 0.1) is 13.8 Å². The standard InChI is InChI=1S/C24H26/c1-7-9-20-21-13-12-19(18-11-10-16(3)17(4)14-18)15-23(21)24(5,6)22(20)8-2/h7-15H,2H2,1,3-6H3/b9-7-.